The van der Waals surface area contributed by atoms with Crippen molar-refractivity contribution in [1.29, 1.82) is 0 Å². The van der Waals surface area contributed by atoms with Crippen LogP contribution in [0.25, 0.3) is 6.08 Å². The van der Waals surface area contributed by atoms with Crippen LogP contribution in [0.15, 0.2) is 19.9 Å². The number of halogens is 2. The van der Waals surface area contributed by atoms with Crippen molar-refractivity contribution in [1.82, 2.24) is 4.90 Å². The quantitative estimate of drug-likeness (QED) is 0.689. The zero-order valence-corrected chi connectivity index (χ0v) is 15.8. The van der Waals surface area contributed by atoms with Crippen molar-refractivity contribution in [3.05, 3.63) is 25.5 Å². The van der Waals surface area contributed by atoms with Crippen LogP contribution < -0.4 is 4.74 Å². The van der Waals surface area contributed by atoms with Gasteiger partial charge in [0.25, 0.3) is 11.1 Å². The molecule has 0 aliphatic carbocycles. The van der Waals surface area contributed by atoms with Crippen molar-refractivity contribution in [2.45, 2.75) is 13.8 Å². The van der Waals surface area contributed by atoms with Gasteiger partial charge in [-0.05, 0) is 75.2 Å². The molecule has 1 fully saturated rings. The first kappa shape index (κ1) is 17.4. The fourth-order valence-corrected chi connectivity index (χ4v) is 3.63. The Morgan fingerprint density at radius 3 is 2.55 bits per heavy atom. The van der Waals surface area contributed by atoms with Gasteiger partial charge in [0.15, 0.2) is 11.5 Å². The monoisotopic (exact) mass is 449 g/mol. The molecule has 5 nitrogen and oxygen atoms in total. The topological polar surface area (TPSA) is 66.8 Å². The van der Waals surface area contributed by atoms with Crippen LogP contribution in [0.3, 0.4) is 0 Å². The number of carbonyl (C=O) groups excluding carboxylic acids is 2. The summed E-state index contributed by atoms with van der Waals surface area (Å²) < 4.78 is 6.38. The van der Waals surface area contributed by atoms with Gasteiger partial charge in [0.05, 0.1) is 16.0 Å². The highest BCUT2D eigenvalue weighted by Crippen LogP contribution is 2.43. The number of rotatable bonds is 4. The van der Waals surface area contributed by atoms with Gasteiger partial charge in [-0.1, -0.05) is 0 Å². The van der Waals surface area contributed by atoms with Gasteiger partial charge in [0, 0.05) is 11.0 Å². The van der Waals surface area contributed by atoms with Crippen LogP contribution in [0.1, 0.15) is 19.4 Å². The predicted molar refractivity (Wildman–Crippen MR) is 93.0 cm³/mol. The van der Waals surface area contributed by atoms with Crippen LogP contribution in [0.4, 0.5) is 4.79 Å². The molecular weight excluding hydrogens is 438 g/mol. The van der Waals surface area contributed by atoms with Gasteiger partial charge >= 0.3 is 0 Å². The van der Waals surface area contributed by atoms with Crippen LogP contribution in [-0.2, 0) is 4.79 Å². The van der Waals surface area contributed by atoms with Gasteiger partial charge in [0.2, 0.25) is 0 Å². The molecule has 8 heteroatoms. The minimum atomic E-state index is -0.313. The van der Waals surface area contributed by atoms with E-state index in [4.69, 9.17) is 4.74 Å². The SMILES string of the molecule is CCOc1cc(C=C2SC(=O)N(CC)C2=O)c(Br)c(Br)c1O. The Hall–Kier alpha value is -0.990. The summed E-state index contributed by atoms with van der Waals surface area (Å²) >= 11 is 7.54. The van der Waals surface area contributed by atoms with Crippen LogP contribution in [0.2, 0.25) is 0 Å². The summed E-state index contributed by atoms with van der Waals surface area (Å²) in [5.41, 5.74) is 0.634. The molecule has 0 unspecified atom stereocenters. The summed E-state index contributed by atoms with van der Waals surface area (Å²) in [5.74, 6) is -0.0300. The average Bonchev–Trinajstić information content (AvgIpc) is 2.75. The molecule has 1 aromatic carbocycles. The molecule has 0 saturated carbocycles. The van der Waals surface area contributed by atoms with E-state index in [0.717, 1.165) is 11.8 Å². The number of amides is 2. The fraction of sp³-hybridized carbons (Fsp3) is 0.286. The lowest BCUT2D eigenvalue weighted by Crippen LogP contribution is -2.27. The van der Waals surface area contributed by atoms with Gasteiger partial charge < -0.3 is 9.84 Å². The number of imide groups is 1. The minimum absolute atomic E-state index is 0.0208. The number of hydrogen-bond acceptors (Lipinski definition) is 5. The lowest BCUT2D eigenvalue weighted by molar-refractivity contribution is -0.122. The Labute approximate surface area is 149 Å². The lowest BCUT2D eigenvalue weighted by atomic mass is 10.2. The zero-order chi connectivity index (χ0) is 16.4. The maximum Gasteiger partial charge on any atom is 0.293 e. The highest BCUT2D eigenvalue weighted by molar-refractivity contribution is 9.13. The Bertz CT molecular complexity index is 675. The zero-order valence-electron chi connectivity index (χ0n) is 11.9. The van der Waals surface area contributed by atoms with E-state index in [0.29, 0.717) is 38.3 Å². The summed E-state index contributed by atoms with van der Waals surface area (Å²) in [6.07, 6.45) is 1.61. The number of aromatic hydroxyl groups is 1. The summed E-state index contributed by atoms with van der Waals surface area (Å²) in [4.78, 5) is 25.4. The third-order valence-electron chi connectivity index (χ3n) is 2.95. The molecule has 22 heavy (non-hydrogen) atoms. The molecule has 1 aromatic rings. The van der Waals surface area contributed by atoms with Gasteiger partial charge in [0.1, 0.15) is 0 Å². The molecule has 0 aromatic heterocycles. The van der Waals surface area contributed by atoms with Crippen molar-refractivity contribution in [3.63, 3.8) is 0 Å². The number of likely N-dealkylation sites (N-methyl/N-ethyl adjacent to an activating group) is 1. The molecule has 0 bridgehead atoms. The standard InChI is InChI=1S/C14H13Br2NO4S/c1-3-17-13(19)9(22-14(17)20)6-7-5-8(21-4-2)12(18)11(16)10(7)15/h5-6,18H,3-4H2,1-2H3. The number of hydrogen-bond donors (Lipinski definition) is 1. The van der Waals surface area contributed by atoms with E-state index in [1.54, 1.807) is 19.1 Å². The largest absolute Gasteiger partial charge is 0.503 e. The molecule has 118 valence electrons. The predicted octanol–water partition coefficient (Wildman–Crippen LogP) is 4.37. The molecule has 2 rings (SSSR count). The molecule has 1 N–H and O–H groups in total. The van der Waals surface area contributed by atoms with E-state index < -0.39 is 0 Å². The van der Waals surface area contributed by atoms with Gasteiger partial charge in [-0.2, -0.15) is 0 Å². The Kier molecular flexibility index (Phi) is 5.57. The smallest absolute Gasteiger partial charge is 0.293 e. The second kappa shape index (κ2) is 7.06. The van der Waals surface area contributed by atoms with E-state index in [2.05, 4.69) is 31.9 Å². The highest BCUT2D eigenvalue weighted by atomic mass is 79.9. The molecule has 1 saturated heterocycles. The number of thioether (sulfide) groups is 1. The van der Waals surface area contributed by atoms with Crippen LogP contribution in [0, 0.1) is 0 Å². The minimum Gasteiger partial charge on any atom is -0.503 e. The average molecular weight is 451 g/mol. The molecule has 0 spiro atoms. The third-order valence-corrected chi connectivity index (χ3v) is 6.02. The van der Waals surface area contributed by atoms with Crippen LogP contribution in [0.5, 0.6) is 11.5 Å². The maximum atomic E-state index is 12.1. The molecule has 2 amide bonds. The fourth-order valence-electron chi connectivity index (χ4n) is 1.90. The number of phenols is 1. The summed E-state index contributed by atoms with van der Waals surface area (Å²) in [5, 5.41) is 9.73. The third kappa shape index (κ3) is 3.18. The van der Waals surface area contributed by atoms with Crippen molar-refractivity contribution < 1.29 is 19.4 Å². The molecular formula is C14H13Br2NO4S. The molecule has 0 radical (unpaired) electrons. The molecule has 0 atom stereocenters. The van der Waals surface area contributed by atoms with Crippen LogP contribution in [-0.4, -0.2) is 34.3 Å². The van der Waals surface area contributed by atoms with Crippen molar-refractivity contribution in [3.8, 4) is 11.5 Å². The van der Waals surface area contributed by atoms with Gasteiger partial charge in [-0.3, -0.25) is 14.5 Å². The number of phenolic OH excluding ortho intramolecular Hbond substituents is 1. The number of nitrogens with zero attached hydrogens (tertiary/aromatic N) is 1. The Morgan fingerprint density at radius 2 is 2.00 bits per heavy atom. The van der Waals surface area contributed by atoms with E-state index in [1.165, 1.54) is 4.90 Å². The van der Waals surface area contributed by atoms with Crippen LogP contribution >= 0.6 is 43.6 Å². The van der Waals surface area contributed by atoms with E-state index in [-0.39, 0.29) is 16.9 Å². The summed E-state index contributed by atoms with van der Waals surface area (Å²) in [7, 11) is 0. The lowest BCUT2D eigenvalue weighted by Gasteiger charge is -2.11. The second-order valence-electron chi connectivity index (χ2n) is 4.30. The summed E-state index contributed by atoms with van der Waals surface area (Å²) in [6, 6.07) is 1.62. The number of carbonyl (C=O) groups is 2. The van der Waals surface area contributed by atoms with E-state index in [1.807, 2.05) is 6.92 Å². The first-order chi connectivity index (χ1) is 10.4. The molecule has 1 aliphatic heterocycles. The van der Waals surface area contributed by atoms with Crippen molar-refractivity contribution >= 4 is 60.8 Å². The second-order valence-corrected chi connectivity index (χ2v) is 6.88. The van der Waals surface area contributed by atoms with Crippen molar-refractivity contribution in [2.24, 2.45) is 0 Å². The van der Waals surface area contributed by atoms with Gasteiger partial charge in [-0.15, -0.1) is 0 Å². The van der Waals surface area contributed by atoms with Crippen molar-refractivity contribution in [2.75, 3.05) is 13.2 Å². The Morgan fingerprint density at radius 1 is 1.32 bits per heavy atom. The normalized spacial score (nSPS) is 16.7. The molecule has 1 heterocycles. The summed E-state index contributed by atoms with van der Waals surface area (Å²) in [6.45, 7) is 4.29. The Balaban J connectivity index is 2.48. The van der Waals surface area contributed by atoms with E-state index >= 15 is 0 Å². The highest BCUT2D eigenvalue weighted by Gasteiger charge is 2.34. The maximum absolute atomic E-state index is 12.1. The number of benzene rings is 1. The van der Waals surface area contributed by atoms with Gasteiger partial charge in [-0.25, -0.2) is 0 Å². The first-order valence-corrected chi connectivity index (χ1v) is 8.90. The molecule has 1 aliphatic rings. The van der Waals surface area contributed by atoms with E-state index in [9.17, 15) is 14.7 Å². The number of ether oxygens (including phenoxy) is 1. The first-order valence-electron chi connectivity index (χ1n) is 6.49.